The molecule has 1 amide bonds. The quantitative estimate of drug-likeness (QED) is 0.845. The molecule has 0 aromatic heterocycles. The highest BCUT2D eigenvalue weighted by molar-refractivity contribution is 5.85. The van der Waals surface area contributed by atoms with Crippen molar-refractivity contribution < 1.29 is 9.53 Å². The summed E-state index contributed by atoms with van der Waals surface area (Å²) in [7, 11) is 1.63. The third kappa shape index (κ3) is 4.12. The number of amides is 1. The van der Waals surface area contributed by atoms with Crippen molar-refractivity contribution in [2.75, 3.05) is 13.7 Å². The molecular formula is C15H23ClN2O2. The molecule has 0 heterocycles. The van der Waals surface area contributed by atoms with E-state index in [0.717, 1.165) is 11.3 Å². The third-order valence-electron chi connectivity index (χ3n) is 3.76. The van der Waals surface area contributed by atoms with Gasteiger partial charge < -0.3 is 15.8 Å². The molecular weight excluding hydrogens is 276 g/mol. The number of hydrogen-bond acceptors (Lipinski definition) is 3. The molecule has 2 unspecified atom stereocenters. The van der Waals surface area contributed by atoms with Gasteiger partial charge in [0.2, 0.25) is 5.91 Å². The highest BCUT2D eigenvalue weighted by atomic mass is 35.5. The van der Waals surface area contributed by atoms with Crippen LogP contribution in [0.1, 0.15) is 31.2 Å². The summed E-state index contributed by atoms with van der Waals surface area (Å²) in [4.78, 5) is 12.2. The molecule has 2 atom stereocenters. The maximum Gasteiger partial charge on any atom is 0.227 e. The number of carbonyl (C=O) groups is 1. The maximum atomic E-state index is 12.2. The van der Waals surface area contributed by atoms with E-state index in [1.165, 1.54) is 12.8 Å². The van der Waals surface area contributed by atoms with Gasteiger partial charge in [-0.3, -0.25) is 4.79 Å². The highest BCUT2D eigenvalue weighted by Crippen LogP contribution is 2.32. The van der Waals surface area contributed by atoms with Gasteiger partial charge >= 0.3 is 0 Å². The highest BCUT2D eigenvalue weighted by Gasteiger charge is 2.32. The summed E-state index contributed by atoms with van der Waals surface area (Å²) >= 11 is 0. The van der Waals surface area contributed by atoms with Crippen LogP contribution < -0.4 is 15.8 Å². The summed E-state index contributed by atoms with van der Waals surface area (Å²) < 4.78 is 5.18. The van der Waals surface area contributed by atoms with Crippen molar-refractivity contribution in [1.82, 2.24) is 5.32 Å². The van der Waals surface area contributed by atoms with Gasteiger partial charge in [-0.1, -0.05) is 12.1 Å². The van der Waals surface area contributed by atoms with E-state index in [-0.39, 0.29) is 30.3 Å². The Kier molecular flexibility index (Phi) is 6.30. The maximum absolute atomic E-state index is 12.2. The summed E-state index contributed by atoms with van der Waals surface area (Å²) in [5.74, 6) is 1.19. The van der Waals surface area contributed by atoms with Gasteiger partial charge in [0.25, 0.3) is 0 Å². The number of carbonyl (C=O) groups excluding carboxylic acids is 1. The zero-order valence-corrected chi connectivity index (χ0v) is 12.8. The van der Waals surface area contributed by atoms with E-state index in [2.05, 4.69) is 5.32 Å². The van der Waals surface area contributed by atoms with Gasteiger partial charge in [-0.2, -0.15) is 0 Å². The van der Waals surface area contributed by atoms with Crippen molar-refractivity contribution >= 4 is 18.3 Å². The van der Waals surface area contributed by atoms with Crippen LogP contribution in [0.3, 0.4) is 0 Å². The number of halogens is 1. The number of methoxy groups -OCH3 is 1. The molecule has 4 nitrogen and oxygen atoms in total. The lowest BCUT2D eigenvalue weighted by Gasteiger charge is -2.19. The Morgan fingerprint density at radius 2 is 2.20 bits per heavy atom. The average molecular weight is 299 g/mol. The van der Waals surface area contributed by atoms with Crippen molar-refractivity contribution in [2.24, 2.45) is 11.7 Å². The lowest BCUT2D eigenvalue weighted by atomic mass is 9.99. The predicted octanol–water partition coefficient (Wildman–Crippen LogP) is 2.07. The van der Waals surface area contributed by atoms with Crippen LogP contribution in [0.15, 0.2) is 24.3 Å². The van der Waals surface area contributed by atoms with Crippen LogP contribution in [0.4, 0.5) is 0 Å². The third-order valence-corrected chi connectivity index (χ3v) is 3.76. The molecule has 1 aromatic rings. The fraction of sp³-hybridized carbons (Fsp3) is 0.533. The number of rotatable bonds is 6. The predicted molar refractivity (Wildman–Crippen MR) is 82.4 cm³/mol. The van der Waals surface area contributed by atoms with Gasteiger partial charge in [0.05, 0.1) is 13.0 Å². The Labute approximate surface area is 126 Å². The molecule has 5 heteroatoms. The van der Waals surface area contributed by atoms with Gasteiger partial charge in [0.1, 0.15) is 5.75 Å². The van der Waals surface area contributed by atoms with Gasteiger partial charge in [-0.25, -0.2) is 0 Å². The second kappa shape index (κ2) is 7.50. The smallest absolute Gasteiger partial charge is 0.227 e. The second-order valence-corrected chi connectivity index (χ2v) is 5.19. The van der Waals surface area contributed by atoms with Crippen LogP contribution in [0, 0.1) is 5.92 Å². The molecule has 2 rings (SSSR count). The van der Waals surface area contributed by atoms with Crippen molar-refractivity contribution in [1.29, 1.82) is 0 Å². The molecule has 3 N–H and O–H groups in total. The molecule has 0 aliphatic heterocycles. The molecule has 0 bridgehead atoms. The summed E-state index contributed by atoms with van der Waals surface area (Å²) in [5.41, 5.74) is 6.67. The molecule has 1 fully saturated rings. The fourth-order valence-electron chi connectivity index (χ4n) is 2.24. The van der Waals surface area contributed by atoms with Gasteiger partial charge in [-0.15, -0.1) is 12.4 Å². The first-order chi connectivity index (χ1) is 9.15. The molecule has 112 valence electrons. The largest absolute Gasteiger partial charge is 0.497 e. The lowest BCUT2D eigenvalue weighted by Crippen LogP contribution is -2.43. The van der Waals surface area contributed by atoms with E-state index in [1.54, 1.807) is 7.11 Å². The van der Waals surface area contributed by atoms with Crippen LogP contribution in [0.5, 0.6) is 5.75 Å². The van der Waals surface area contributed by atoms with E-state index in [4.69, 9.17) is 10.5 Å². The zero-order chi connectivity index (χ0) is 13.8. The standard InChI is InChI=1S/C15H22N2O2.ClH/c1-10(12-4-3-5-13(8-12)19-2)15(18)17-14(9-16)11-6-7-11;/h3-5,8,10-11,14H,6-7,9,16H2,1-2H3,(H,17,18);1H. The van der Waals surface area contributed by atoms with Gasteiger partial charge in [0.15, 0.2) is 0 Å². The van der Waals surface area contributed by atoms with Crippen LogP contribution in [-0.2, 0) is 4.79 Å². The second-order valence-electron chi connectivity index (χ2n) is 5.19. The van der Waals surface area contributed by atoms with Crippen molar-refractivity contribution in [3.8, 4) is 5.75 Å². The molecule has 1 aliphatic rings. The molecule has 1 aliphatic carbocycles. The Morgan fingerprint density at radius 3 is 2.75 bits per heavy atom. The van der Waals surface area contributed by atoms with Crippen molar-refractivity contribution in [3.05, 3.63) is 29.8 Å². The first kappa shape index (κ1) is 16.8. The molecule has 1 saturated carbocycles. The topological polar surface area (TPSA) is 64.3 Å². The molecule has 0 spiro atoms. The van der Waals surface area contributed by atoms with Crippen LogP contribution in [0.25, 0.3) is 0 Å². The summed E-state index contributed by atoms with van der Waals surface area (Å²) in [6, 6.07) is 7.75. The minimum absolute atomic E-state index is 0. The Hall–Kier alpha value is -1.26. The number of hydrogen-bond donors (Lipinski definition) is 2. The Morgan fingerprint density at radius 1 is 1.50 bits per heavy atom. The number of nitrogens with two attached hydrogens (primary N) is 1. The molecule has 0 radical (unpaired) electrons. The number of ether oxygens (including phenoxy) is 1. The molecule has 0 saturated heterocycles. The van der Waals surface area contributed by atoms with E-state index in [0.29, 0.717) is 12.5 Å². The minimum Gasteiger partial charge on any atom is -0.497 e. The lowest BCUT2D eigenvalue weighted by molar-refractivity contribution is -0.123. The number of nitrogens with one attached hydrogen (secondary N) is 1. The van der Waals surface area contributed by atoms with E-state index >= 15 is 0 Å². The summed E-state index contributed by atoms with van der Waals surface area (Å²) in [6.07, 6.45) is 2.35. The minimum atomic E-state index is -0.192. The number of benzene rings is 1. The monoisotopic (exact) mass is 298 g/mol. The Bertz CT molecular complexity index is 449. The Balaban J connectivity index is 0.00000200. The van der Waals surface area contributed by atoms with Crippen LogP contribution >= 0.6 is 12.4 Å². The normalized spacial score (nSPS) is 16.8. The van der Waals surface area contributed by atoms with E-state index in [9.17, 15) is 4.79 Å². The molecule has 20 heavy (non-hydrogen) atoms. The average Bonchev–Trinajstić information content (AvgIpc) is 3.28. The first-order valence-electron chi connectivity index (χ1n) is 6.80. The van der Waals surface area contributed by atoms with Gasteiger partial charge in [-0.05, 0) is 43.4 Å². The summed E-state index contributed by atoms with van der Waals surface area (Å²) in [6.45, 7) is 2.42. The summed E-state index contributed by atoms with van der Waals surface area (Å²) in [5, 5.41) is 3.06. The van der Waals surface area contributed by atoms with E-state index in [1.807, 2.05) is 31.2 Å². The zero-order valence-electron chi connectivity index (χ0n) is 12.0. The fourth-order valence-corrected chi connectivity index (χ4v) is 2.24. The van der Waals surface area contributed by atoms with E-state index < -0.39 is 0 Å². The van der Waals surface area contributed by atoms with Crippen molar-refractivity contribution in [2.45, 2.75) is 31.7 Å². The van der Waals surface area contributed by atoms with Crippen LogP contribution in [0.2, 0.25) is 0 Å². The van der Waals surface area contributed by atoms with Crippen molar-refractivity contribution in [3.63, 3.8) is 0 Å². The van der Waals surface area contributed by atoms with Crippen LogP contribution in [-0.4, -0.2) is 25.6 Å². The molecule has 1 aromatic carbocycles. The van der Waals surface area contributed by atoms with Gasteiger partial charge in [0, 0.05) is 12.6 Å². The SMILES string of the molecule is COc1cccc(C(C)C(=O)NC(CN)C2CC2)c1.Cl. The first-order valence-corrected chi connectivity index (χ1v) is 6.80.